The summed E-state index contributed by atoms with van der Waals surface area (Å²) < 4.78 is 11.8. The fraction of sp³-hybridized carbons (Fsp3) is 0.296. The predicted octanol–water partition coefficient (Wildman–Crippen LogP) is 4.05. The van der Waals surface area contributed by atoms with Crippen molar-refractivity contribution in [3.05, 3.63) is 83.9 Å². The Morgan fingerprint density at radius 2 is 1.94 bits per heavy atom. The molecule has 1 aliphatic rings. The summed E-state index contributed by atoms with van der Waals surface area (Å²) in [6.07, 6.45) is 1.29. The number of nitrogens with zero attached hydrogens (tertiary/aromatic N) is 2. The van der Waals surface area contributed by atoms with Gasteiger partial charge in [0.25, 0.3) is 0 Å². The smallest absolute Gasteiger partial charge is 0.123 e. The second-order valence-corrected chi connectivity index (χ2v) is 8.19. The molecule has 0 saturated heterocycles. The normalized spacial score (nSPS) is 15.6. The lowest BCUT2D eigenvalue weighted by molar-refractivity contribution is 0.0998. The van der Waals surface area contributed by atoms with Crippen LogP contribution in [0.3, 0.4) is 0 Å². The molecule has 2 atom stereocenters. The zero-order valence-electron chi connectivity index (χ0n) is 18.8. The van der Waals surface area contributed by atoms with Gasteiger partial charge in [-0.1, -0.05) is 30.3 Å². The zero-order chi connectivity index (χ0) is 23.0. The van der Waals surface area contributed by atoms with E-state index >= 15 is 0 Å². The van der Waals surface area contributed by atoms with Crippen molar-refractivity contribution in [2.24, 2.45) is 0 Å². The number of nitriles is 1. The number of hydrogen-bond acceptors (Lipinski definition) is 6. The Kier molecular flexibility index (Phi) is 7.46. The van der Waals surface area contributed by atoms with E-state index in [1.165, 1.54) is 5.56 Å². The number of benzene rings is 3. The van der Waals surface area contributed by atoms with E-state index in [0.717, 1.165) is 35.7 Å². The van der Waals surface area contributed by atoms with Crippen LogP contribution in [-0.4, -0.2) is 44.1 Å². The summed E-state index contributed by atoms with van der Waals surface area (Å²) in [5.41, 5.74) is 3.73. The first kappa shape index (κ1) is 22.7. The molecular formula is C27H29N3O3. The summed E-state index contributed by atoms with van der Waals surface area (Å²) in [6.45, 7) is 1.36. The maximum absolute atomic E-state index is 10.2. The number of ether oxygens (including phenoxy) is 2. The Balaban J connectivity index is 1.27. The summed E-state index contributed by atoms with van der Waals surface area (Å²) in [7, 11) is 1.97. The quantitative estimate of drug-likeness (QED) is 0.520. The van der Waals surface area contributed by atoms with Crippen molar-refractivity contribution in [3.63, 3.8) is 0 Å². The van der Waals surface area contributed by atoms with Gasteiger partial charge in [0.2, 0.25) is 0 Å². The van der Waals surface area contributed by atoms with E-state index in [-0.39, 0.29) is 12.7 Å². The number of fused-ring (bicyclic) bond motifs is 1. The lowest BCUT2D eigenvalue weighted by atomic mass is 10.0. The number of para-hydroxylation sites is 2. The average molecular weight is 444 g/mol. The first-order chi connectivity index (χ1) is 16.1. The fourth-order valence-electron chi connectivity index (χ4n) is 3.96. The van der Waals surface area contributed by atoms with Crippen LogP contribution in [0.15, 0.2) is 72.8 Å². The first-order valence-corrected chi connectivity index (χ1v) is 11.2. The van der Waals surface area contributed by atoms with Gasteiger partial charge >= 0.3 is 0 Å². The molecule has 4 rings (SSSR count). The van der Waals surface area contributed by atoms with Crippen LogP contribution >= 0.6 is 0 Å². The predicted molar refractivity (Wildman–Crippen MR) is 129 cm³/mol. The highest BCUT2D eigenvalue weighted by Crippen LogP contribution is 2.34. The van der Waals surface area contributed by atoms with Gasteiger partial charge < -0.3 is 24.8 Å². The lowest BCUT2D eigenvalue weighted by Gasteiger charge is -2.28. The molecule has 0 radical (unpaired) electrons. The number of aliphatic hydroxyl groups excluding tert-OH is 1. The third-order valence-electron chi connectivity index (χ3n) is 5.78. The molecule has 170 valence electrons. The van der Waals surface area contributed by atoms with Crippen LogP contribution in [0.2, 0.25) is 0 Å². The van der Waals surface area contributed by atoms with Crippen molar-refractivity contribution in [3.8, 4) is 17.6 Å². The summed E-state index contributed by atoms with van der Waals surface area (Å²) >= 11 is 0. The highest BCUT2D eigenvalue weighted by atomic mass is 16.5. The Morgan fingerprint density at radius 1 is 1.15 bits per heavy atom. The standard InChI is InChI=1S/C27H29N3O3/c1-30(26-10-6-5-7-21(26)16-28)22-12-14-27-20(15-22)11-13-25(33-27)18-29-17-23(31)19-32-24-8-3-2-4-9-24/h2-10,12,14-15,23,25,29,31H,11,13,17-19H2,1H3/t23-,25+/m0/s1. The molecule has 6 heteroatoms. The van der Waals surface area contributed by atoms with E-state index in [4.69, 9.17) is 9.47 Å². The largest absolute Gasteiger partial charge is 0.491 e. The number of nitrogens with one attached hydrogen (secondary N) is 1. The molecule has 0 aromatic heterocycles. The molecule has 33 heavy (non-hydrogen) atoms. The van der Waals surface area contributed by atoms with Crippen LogP contribution in [0.4, 0.5) is 11.4 Å². The third kappa shape index (κ3) is 5.83. The summed E-state index contributed by atoms with van der Waals surface area (Å²) in [6, 6.07) is 25.5. The molecule has 0 bridgehead atoms. The van der Waals surface area contributed by atoms with Gasteiger partial charge in [0, 0.05) is 25.8 Å². The highest BCUT2D eigenvalue weighted by Gasteiger charge is 2.21. The maximum atomic E-state index is 10.2. The minimum absolute atomic E-state index is 0.0580. The SMILES string of the molecule is CN(c1ccc2c(c1)CC[C@H](CNC[C@H](O)COc1ccccc1)O2)c1ccccc1C#N. The van der Waals surface area contributed by atoms with Gasteiger partial charge in [-0.15, -0.1) is 0 Å². The zero-order valence-corrected chi connectivity index (χ0v) is 18.8. The van der Waals surface area contributed by atoms with Crippen LogP contribution in [0.5, 0.6) is 11.5 Å². The molecule has 1 heterocycles. The molecular weight excluding hydrogens is 414 g/mol. The Labute approximate surface area is 195 Å². The molecule has 0 aliphatic carbocycles. The molecule has 0 saturated carbocycles. The summed E-state index contributed by atoms with van der Waals surface area (Å²) in [5, 5.41) is 22.8. The molecule has 0 unspecified atom stereocenters. The van der Waals surface area contributed by atoms with Crippen molar-refractivity contribution in [2.45, 2.75) is 25.0 Å². The molecule has 6 nitrogen and oxygen atoms in total. The fourth-order valence-corrected chi connectivity index (χ4v) is 3.96. The van der Waals surface area contributed by atoms with Gasteiger partial charge in [-0.3, -0.25) is 0 Å². The second kappa shape index (κ2) is 10.9. The molecule has 3 aromatic rings. The van der Waals surface area contributed by atoms with Crippen molar-refractivity contribution in [2.75, 3.05) is 31.6 Å². The number of anilines is 2. The monoisotopic (exact) mass is 443 g/mol. The number of aliphatic hydroxyl groups is 1. The van der Waals surface area contributed by atoms with Crippen LogP contribution in [0.25, 0.3) is 0 Å². The lowest BCUT2D eigenvalue weighted by Crippen LogP contribution is -2.39. The summed E-state index contributed by atoms with van der Waals surface area (Å²) in [5.74, 6) is 1.65. The molecule has 0 amide bonds. The Bertz CT molecular complexity index is 1100. The van der Waals surface area contributed by atoms with Gasteiger partial charge in [-0.05, 0) is 60.9 Å². The van der Waals surface area contributed by atoms with Gasteiger partial charge in [0.1, 0.15) is 36.4 Å². The maximum Gasteiger partial charge on any atom is 0.123 e. The number of rotatable bonds is 9. The van der Waals surface area contributed by atoms with Crippen LogP contribution in [-0.2, 0) is 6.42 Å². The molecule has 2 N–H and O–H groups in total. The van der Waals surface area contributed by atoms with Crippen molar-refractivity contribution in [1.29, 1.82) is 5.26 Å². The van der Waals surface area contributed by atoms with E-state index < -0.39 is 6.10 Å². The van der Waals surface area contributed by atoms with Crippen molar-refractivity contribution >= 4 is 11.4 Å². The summed E-state index contributed by atoms with van der Waals surface area (Å²) in [4.78, 5) is 2.03. The molecule has 0 spiro atoms. The van der Waals surface area contributed by atoms with E-state index in [1.54, 1.807) is 0 Å². The van der Waals surface area contributed by atoms with Gasteiger partial charge in [0.05, 0.1) is 11.3 Å². The Hall–Kier alpha value is -3.53. The van der Waals surface area contributed by atoms with Crippen LogP contribution < -0.4 is 19.7 Å². The van der Waals surface area contributed by atoms with Crippen molar-refractivity contribution < 1.29 is 14.6 Å². The minimum Gasteiger partial charge on any atom is -0.491 e. The number of aryl methyl sites for hydroxylation is 1. The third-order valence-corrected chi connectivity index (χ3v) is 5.78. The molecule has 3 aromatic carbocycles. The van der Waals surface area contributed by atoms with E-state index in [1.807, 2.05) is 78.7 Å². The molecule has 1 aliphatic heterocycles. The van der Waals surface area contributed by atoms with Crippen molar-refractivity contribution in [1.82, 2.24) is 5.32 Å². The average Bonchev–Trinajstić information content (AvgIpc) is 2.87. The van der Waals surface area contributed by atoms with Crippen LogP contribution in [0, 0.1) is 11.3 Å². The van der Waals surface area contributed by atoms with E-state index in [9.17, 15) is 10.4 Å². The number of hydrogen-bond donors (Lipinski definition) is 2. The first-order valence-electron chi connectivity index (χ1n) is 11.2. The highest BCUT2D eigenvalue weighted by molar-refractivity contribution is 5.69. The van der Waals surface area contributed by atoms with Gasteiger partial charge in [-0.25, -0.2) is 0 Å². The van der Waals surface area contributed by atoms with Crippen LogP contribution in [0.1, 0.15) is 17.5 Å². The topological polar surface area (TPSA) is 77.8 Å². The second-order valence-electron chi connectivity index (χ2n) is 8.19. The van der Waals surface area contributed by atoms with E-state index in [0.29, 0.717) is 18.7 Å². The Morgan fingerprint density at radius 3 is 2.76 bits per heavy atom. The van der Waals surface area contributed by atoms with Gasteiger partial charge in [0.15, 0.2) is 0 Å². The minimum atomic E-state index is -0.588. The van der Waals surface area contributed by atoms with E-state index in [2.05, 4.69) is 17.5 Å². The molecule has 0 fully saturated rings. The van der Waals surface area contributed by atoms with Gasteiger partial charge in [-0.2, -0.15) is 5.26 Å².